The third-order valence-electron chi connectivity index (χ3n) is 4.24. The van der Waals surface area contributed by atoms with Gasteiger partial charge in [0.05, 0.1) is 5.69 Å². The van der Waals surface area contributed by atoms with Crippen molar-refractivity contribution in [3.8, 4) is 0 Å². The first-order valence-electron chi connectivity index (χ1n) is 8.85. The molecule has 1 saturated heterocycles. The summed E-state index contributed by atoms with van der Waals surface area (Å²) in [5.41, 5.74) is 0.412. The van der Waals surface area contributed by atoms with Gasteiger partial charge in [-0.05, 0) is 18.6 Å². The lowest BCUT2D eigenvalue weighted by Crippen LogP contribution is -2.46. The van der Waals surface area contributed by atoms with Gasteiger partial charge in [0.25, 0.3) is 0 Å². The van der Waals surface area contributed by atoms with Gasteiger partial charge in [-0.25, -0.2) is 8.78 Å². The number of carbonyl (C=O) groups is 1. The summed E-state index contributed by atoms with van der Waals surface area (Å²) in [6, 6.07) is 3.75. The molecule has 1 amide bonds. The van der Waals surface area contributed by atoms with E-state index in [9.17, 15) is 13.6 Å². The number of rotatable bonds is 6. The van der Waals surface area contributed by atoms with Gasteiger partial charge in [0, 0.05) is 51.3 Å². The number of benzene rings is 1. The molecule has 1 aromatic rings. The van der Waals surface area contributed by atoms with Crippen LogP contribution in [0.3, 0.4) is 0 Å². The maximum Gasteiger partial charge on any atom is 0.222 e. The molecule has 0 radical (unpaired) electrons. The molecule has 1 fully saturated rings. The number of nitrogens with zero attached hydrogens (tertiary/aromatic N) is 2. The summed E-state index contributed by atoms with van der Waals surface area (Å²) in [6.45, 7) is 6.05. The normalized spacial score (nSPS) is 16.9. The molecule has 0 bridgehead atoms. The van der Waals surface area contributed by atoms with Gasteiger partial charge in [0.2, 0.25) is 5.91 Å². The lowest BCUT2D eigenvalue weighted by atomic mass is 10.2. The number of carbonyl (C=O) groups excluding carboxylic acids is 1. The van der Waals surface area contributed by atoms with E-state index in [2.05, 4.69) is 20.9 Å². The highest BCUT2D eigenvalue weighted by atomic mass is 127. The monoisotopic (exact) mass is 495 g/mol. The molecule has 0 saturated carbocycles. The van der Waals surface area contributed by atoms with Crippen molar-refractivity contribution >= 4 is 41.5 Å². The quantitative estimate of drug-likeness (QED) is 0.245. The van der Waals surface area contributed by atoms with Gasteiger partial charge in [-0.1, -0.05) is 13.8 Å². The van der Waals surface area contributed by atoms with Crippen LogP contribution in [0.15, 0.2) is 23.2 Å². The van der Waals surface area contributed by atoms with Crippen LogP contribution in [0, 0.1) is 17.6 Å². The molecule has 1 aliphatic rings. The van der Waals surface area contributed by atoms with Crippen LogP contribution in [0.2, 0.25) is 0 Å². The lowest BCUT2D eigenvalue weighted by molar-refractivity contribution is -0.123. The topological polar surface area (TPSA) is 68.8 Å². The Hall–Kier alpha value is -1.65. The van der Waals surface area contributed by atoms with E-state index in [1.165, 1.54) is 12.1 Å². The molecule has 27 heavy (non-hydrogen) atoms. The van der Waals surface area contributed by atoms with Crippen LogP contribution in [0.1, 0.15) is 20.3 Å². The Labute approximate surface area is 176 Å². The van der Waals surface area contributed by atoms with Gasteiger partial charge in [-0.3, -0.25) is 9.79 Å². The van der Waals surface area contributed by atoms with E-state index in [1.807, 2.05) is 18.7 Å². The molecule has 0 aromatic heterocycles. The number of anilines is 1. The standard InChI is InChI=1S/C18H27F2N5O.HI/c1-12(2)17(26)22-7-8-23-18(21-3)24-14-6-9-25(11-14)16-5-4-13(19)10-15(16)20;/h4-5,10,12,14H,6-9,11H2,1-3H3,(H,22,26)(H2,21,23,24);1H. The van der Waals surface area contributed by atoms with E-state index in [0.717, 1.165) is 12.5 Å². The Kier molecular flexibility index (Phi) is 9.75. The molecule has 1 aliphatic heterocycles. The SMILES string of the molecule is CN=C(NCCNC(=O)C(C)C)NC1CCN(c2ccc(F)cc2F)C1.I. The molecule has 2 rings (SSSR count). The summed E-state index contributed by atoms with van der Waals surface area (Å²) in [5, 5.41) is 9.27. The van der Waals surface area contributed by atoms with E-state index >= 15 is 0 Å². The molecule has 1 atom stereocenters. The van der Waals surface area contributed by atoms with Gasteiger partial charge in [0.1, 0.15) is 11.6 Å². The zero-order valence-electron chi connectivity index (χ0n) is 15.9. The first-order chi connectivity index (χ1) is 12.4. The third kappa shape index (κ3) is 7.11. The number of guanidine groups is 1. The Balaban J connectivity index is 0.00000364. The van der Waals surface area contributed by atoms with Crippen molar-refractivity contribution in [2.45, 2.75) is 26.3 Å². The highest BCUT2D eigenvalue weighted by Gasteiger charge is 2.25. The fraction of sp³-hybridized carbons (Fsp3) is 0.556. The minimum Gasteiger partial charge on any atom is -0.367 e. The molecular weight excluding hydrogens is 467 g/mol. The lowest BCUT2D eigenvalue weighted by Gasteiger charge is -2.21. The fourth-order valence-electron chi connectivity index (χ4n) is 2.79. The Bertz CT molecular complexity index is 657. The number of amides is 1. The summed E-state index contributed by atoms with van der Waals surface area (Å²) >= 11 is 0. The van der Waals surface area contributed by atoms with Gasteiger partial charge in [0.15, 0.2) is 5.96 Å². The Morgan fingerprint density at radius 2 is 2.00 bits per heavy atom. The molecule has 1 heterocycles. The van der Waals surface area contributed by atoms with Crippen LogP contribution in [-0.2, 0) is 4.79 Å². The summed E-state index contributed by atoms with van der Waals surface area (Å²) in [7, 11) is 1.67. The van der Waals surface area contributed by atoms with E-state index < -0.39 is 11.6 Å². The van der Waals surface area contributed by atoms with Crippen molar-refractivity contribution in [3.63, 3.8) is 0 Å². The zero-order chi connectivity index (χ0) is 19.1. The molecule has 0 aliphatic carbocycles. The molecule has 9 heteroatoms. The van der Waals surface area contributed by atoms with Crippen LogP contribution in [0.4, 0.5) is 14.5 Å². The van der Waals surface area contributed by atoms with Crippen molar-refractivity contribution in [1.29, 1.82) is 0 Å². The second-order valence-electron chi connectivity index (χ2n) is 6.62. The van der Waals surface area contributed by atoms with Gasteiger partial charge in [-0.2, -0.15) is 0 Å². The first kappa shape index (κ1) is 23.4. The number of halogens is 3. The van der Waals surface area contributed by atoms with Crippen LogP contribution in [0.25, 0.3) is 0 Å². The van der Waals surface area contributed by atoms with E-state index in [-0.39, 0.29) is 41.8 Å². The number of aliphatic imine (C=N–C) groups is 1. The smallest absolute Gasteiger partial charge is 0.222 e. The summed E-state index contributed by atoms with van der Waals surface area (Å²) in [4.78, 5) is 17.6. The average Bonchev–Trinajstić information content (AvgIpc) is 3.05. The van der Waals surface area contributed by atoms with Crippen LogP contribution in [0.5, 0.6) is 0 Å². The Morgan fingerprint density at radius 3 is 2.63 bits per heavy atom. The number of nitrogens with one attached hydrogen (secondary N) is 3. The molecule has 1 unspecified atom stereocenters. The van der Waals surface area contributed by atoms with Crippen LogP contribution in [-0.4, -0.2) is 51.1 Å². The predicted molar refractivity (Wildman–Crippen MR) is 115 cm³/mol. The van der Waals surface area contributed by atoms with E-state index in [4.69, 9.17) is 0 Å². The maximum atomic E-state index is 13.9. The van der Waals surface area contributed by atoms with Gasteiger partial charge in [-0.15, -0.1) is 24.0 Å². The summed E-state index contributed by atoms with van der Waals surface area (Å²) < 4.78 is 27.0. The van der Waals surface area contributed by atoms with E-state index in [1.54, 1.807) is 7.05 Å². The number of hydrogen-bond donors (Lipinski definition) is 3. The first-order valence-corrected chi connectivity index (χ1v) is 8.85. The maximum absolute atomic E-state index is 13.9. The Morgan fingerprint density at radius 1 is 1.30 bits per heavy atom. The number of hydrogen-bond acceptors (Lipinski definition) is 3. The van der Waals surface area contributed by atoms with Crippen LogP contribution < -0.4 is 20.9 Å². The van der Waals surface area contributed by atoms with Crippen molar-refractivity contribution in [3.05, 3.63) is 29.8 Å². The van der Waals surface area contributed by atoms with Gasteiger partial charge < -0.3 is 20.9 Å². The molecular formula is C18H28F2IN5O. The molecule has 3 N–H and O–H groups in total. The highest BCUT2D eigenvalue weighted by molar-refractivity contribution is 14.0. The second kappa shape index (κ2) is 11.3. The minimum atomic E-state index is -0.575. The molecule has 1 aromatic carbocycles. The minimum absolute atomic E-state index is 0. The predicted octanol–water partition coefficient (Wildman–Crippen LogP) is 2.10. The largest absolute Gasteiger partial charge is 0.367 e. The highest BCUT2D eigenvalue weighted by Crippen LogP contribution is 2.24. The third-order valence-corrected chi connectivity index (χ3v) is 4.24. The van der Waals surface area contributed by atoms with Crippen molar-refractivity contribution in [2.24, 2.45) is 10.9 Å². The van der Waals surface area contributed by atoms with Crippen molar-refractivity contribution in [1.82, 2.24) is 16.0 Å². The van der Waals surface area contributed by atoms with Crippen molar-refractivity contribution < 1.29 is 13.6 Å². The zero-order valence-corrected chi connectivity index (χ0v) is 18.2. The van der Waals surface area contributed by atoms with Gasteiger partial charge >= 0.3 is 0 Å². The van der Waals surface area contributed by atoms with Crippen molar-refractivity contribution in [2.75, 3.05) is 38.1 Å². The molecule has 6 nitrogen and oxygen atoms in total. The molecule has 0 spiro atoms. The second-order valence-corrected chi connectivity index (χ2v) is 6.62. The van der Waals surface area contributed by atoms with E-state index in [0.29, 0.717) is 37.8 Å². The van der Waals surface area contributed by atoms with Crippen LogP contribution >= 0.6 is 24.0 Å². The summed E-state index contributed by atoms with van der Waals surface area (Å²) in [6.07, 6.45) is 0.821. The summed E-state index contributed by atoms with van der Waals surface area (Å²) in [5.74, 6) is -0.509. The average molecular weight is 495 g/mol. The molecule has 152 valence electrons. The fourth-order valence-corrected chi connectivity index (χ4v) is 2.79.